The van der Waals surface area contributed by atoms with E-state index in [1.807, 2.05) is 25.4 Å². The number of fused-ring (bicyclic) bond motifs is 1. The van der Waals surface area contributed by atoms with Crippen molar-refractivity contribution in [1.82, 2.24) is 19.4 Å². The summed E-state index contributed by atoms with van der Waals surface area (Å²) in [5.41, 5.74) is 2.08. The van der Waals surface area contributed by atoms with E-state index in [-0.39, 0.29) is 5.38 Å². The van der Waals surface area contributed by atoms with Crippen LogP contribution in [0.5, 0.6) is 0 Å². The lowest BCUT2D eigenvalue weighted by atomic mass is 10.1. The van der Waals surface area contributed by atoms with E-state index in [2.05, 4.69) is 26.4 Å². The number of halogens is 1. The van der Waals surface area contributed by atoms with Crippen LogP contribution in [-0.2, 0) is 6.54 Å². The molecule has 0 saturated carbocycles. The average Bonchev–Trinajstić information content (AvgIpc) is 3.07. The Labute approximate surface area is 131 Å². The van der Waals surface area contributed by atoms with Gasteiger partial charge in [-0.15, -0.1) is 11.6 Å². The number of imidazole rings is 1. The van der Waals surface area contributed by atoms with Crippen molar-refractivity contribution in [2.45, 2.75) is 38.6 Å². The third-order valence-corrected chi connectivity index (χ3v) is 4.39. The predicted molar refractivity (Wildman–Crippen MR) is 86.6 cm³/mol. The number of hydrogen-bond donors (Lipinski definition) is 0. The van der Waals surface area contributed by atoms with Gasteiger partial charge >= 0.3 is 0 Å². The Bertz CT molecular complexity index is 601. The fraction of sp³-hybridized carbons (Fsp3) is 0.625. The molecule has 1 fully saturated rings. The minimum absolute atomic E-state index is 0.0867. The van der Waals surface area contributed by atoms with Gasteiger partial charge in [-0.3, -0.25) is 4.98 Å². The number of hydrogen-bond acceptors (Lipinski definition) is 3. The molecule has 2 aromatic rings. The highest BCUT2D eigenvalue weighted by molar-refractivity contribution is 6.20. The van der Waals surface area contributed by atoms with Crippen LogP contribution in [0.3, 0.4) is 0 Å². The van der Waals surface area contributed by atoms with E-state index in [0.29, 0.717) is 5.92 Å². The zero-order valence-corrected chi connectivity index (χ0v) is 13.6. The van der Waals surface area contributed by atoms with E-state index in [9.17, 15) is 0 Å². The topological polar surface area (TPSA) is 34.0 Å². The van der Waals surface area contributed by atoms with E-state index < -0.39 is 0 Å². The predicted octanol–water partition coefficient (Wildman–Crippen LogP) is 3.46. The lowest BCUT2D eigenvalue weighted by Gasteiger charge is -2.22. The molecule has 5 heteroatoms. The van der Waals surface area contributed by atoms with Crippen LogP contribution < -0.4 is 0 Å². The van der Waals surface area contributed by atoms with Gasteiger partial charge in [-0.05, 0) is 44.8 Å². The molecular formula is C16H23ClN4. The number of nitrogens with zero attached hydrogens (tertiary/aromatic N) is 4. The summed E-state index contributed by atoms with van der Waals surface area (Å²) in [4.78, 5) is 11.4. The Balaban J connectivity index is 1.82. The summed E-state index contributed by atoms with van der Waals surface area (Å²) in [5.74, 6) is 1.54. The lowest BCUT2D eigenvalue weighted by molar-refractivity contribution is 0.271. The van der Waals surface area contributed by atoms with Crippen LogP contribution in [0, 0.1) is 5.92 Å². The number of likely N-dealkylation sites (tertiary alicyclic amines) is 1. The minimum atomic E-state index is -0.0867. The molecule has 3 rings (SSSR count). The summed E-state index contributed by atoms with van der Waals surface area (Å²) in [7, 11) is 0. The van der Waals surface area contributed by atoms with Gasteiger partial charge in [0.1, 0.15) is 11.3 Å². The summed E-state index contributed by atoms with van der Waals surface area (Å²) in [5, 5.41) is -0.0867. The molecule has 2 atom stereocenters. The van der Waals surface area contributed by atoms with Gasteiger partial charge in [-0.25, -0.2) is 4.98 Å². The molecular weight excluding hydrogens is 284 g/mol. The van der Waals surface area contributed by atoms with Gasteiger partial charge in [0.05, 0.1) is 17.1 Å². The van der Waals surface area contributed by atoms with Crippen molar-refractivity contribution in [3.8, 4) is 0 Å². The summed E-state index contributed by atoms with van der Waals surface area (Å²) in [6.07, 6.45) is 6.33. The Kier molecular flexibility index (Phi) is 4.45. The smallest absolute Gasteiger partial charge is 0.127 e. The molecule has 4 nitrogen and oxygen atoms in total. The molecule has 0 N–H and O–H groups in total. The molecule has 0 aromatic carbocycles. The van der Waals surface area contributed by atoms with E-state index in [0.717, 1.165) is 29.9 Å². The van der Waals surface area contributed by atoms with Crippen molar-refractivity contribution < 1.29 is 0 Å². The fourth-order valence-electron chi connectivity index (χ4n) is 3.27. The maximum atomic E-state index is 6.32. The fourth-order valence-corrected chi connectivity index (χ4v) is 3.44. The molecule has 0 amide bonds. The molecule has 1 aliphatic rings. The highest BCUT2D eigenvalue weighted by Crippen LogP contribution is 2.25. The molecule has 2 aromatic heterocycles. The van der Waals surface area contributed by atoms with Gasteiger partial charge in [0, 0.05) is 19.3 Å². The number of pyridine rings is 1. The van der Waals surface area contributed by atoms with E-state index >= 15 is 0 Å². The first-order valence-corrected chi connectivity index (χ1v) is 8.25. The van der Waals surface area contributed by atoms with E-state index in [4.69, 9.17) is 11.6 Å². The normalized spacial score (nSPS) is 19.2. The van der Waals surface area contributed by atoms with Crippen LogP contribution in [-0.4, -0.2) is 39.1 Å². The Morgan fingerprint density at radius 2 is 2.00 bits per heavy atom. The summed E-state index contributed by atoms with van der Waals surface area (Å²) >= 11 is 6.32. The third-order valence-electron chi connectivity index (χ3n) is 4.20. The van der Waals surface area contributed by atoms with Crippen LogP contribution in [0.1, 0.15) is 37.9 Å². The molecule has 1 saturated heterocycles. The van der Waals surface area contributed by atoms with Gasteiger partial charge in [0.25, 0.3) is 0 Å². The SMILES string of the molecule is CC(CN1CCCC1)Cn1c(C(C)Cl)nc2cnccc21. The molecule has 2 unspecified atom stereocenters. The Morgan fingerprint density at radius 1 is 1.24 bits per heavy atom. The summed E-state index contributed by atoms with van der Waals surface area (Å²) in [6, 6.07) is 2.04. The maximum absolute atomic E-state index is 6.32. The van der Waals surface area contributed by atoms with Crippen LogP contribution in [0.4, 0.5) is 0 Å². The average molecular weight is 307 g/mol. The van der Waals surface area contributed by atoms with Gasteiger partial charge in [-0.2, -0.15) is 0 Å². The summed E-state index contributed by atoms with van der Waals surface area (Å²) in [6.45, 7) is 8.91. The van der Waals surface area contributed by atoms with Crippen molar-refractivity contribution in [3.63, 3.8) is 0 Å². The third kappa shape index (κ3) is 3.22. The van der Waals surface area contributed by atoms with Gasteiger partial charge in [0.15, 0.2) is 0 Å². The molecule has 0 radical (unpaired) electrons. The zero-order valence-electron chi connectivity index (χ0n) is 12.8. The first-order chi connectivity index (χ1) is 10.1. The number of alkyl halides is 1. The second-order valence-corrected chi connectivity index (χ2v) is 6.83. The monoisotopic (exact) mass is 306 g/mol. The molecule has 0 spiro atoms. The second-order valence-electron chi connectivity index (χ2n) is 6.17. The van der Waals surface area contributed by atoms with Crippen molar-refractivity contribution >= 4 is 22.6 Å². The van der Waals surface area contributed by atoms with Gasteiger partial charge in [0.2, 0.25) is 0 Å². The van der Waals surface area contributed by atoms with Crippen LogP contribution >= 0.6 is 11.6 Å². The minimum Gasteiger partial charge on any atom is -0.326 e. The summed E-state index contributed by atoms with van der Waals surface area (Å²) < 4.78 is 2.27. The van der Waals surface area contributed by atoms with Crippen molar-refractivity contribution in [2.75, 3.05) is 19.6 Å². The van der Waals surface area contributed by atoms with Crippen LogP contribution in [0.15, 0.2) is 18.5 Å². The highest BCUT2D eigenvalue weighted by Gasteiger charge is 2.19. The molecule has 3 heterocycles. The largest absolute Gasteiger partial charge is 0.326 e. The van der Waals surface area contributed by atoms with Crippen molar-refractivity contribution in [1.29, 1.82) is 0 Å². The molecule has 114 valence electrons. The lowest BCUT2D eigenvalue weighted by Crippen LogP contribution is -2.28. The maximum Gasteiger partial charge on any atom is 0.127 e. The first kappa shape index (κ1) is 14.8. The van der Waals surface area contributed by atoms with Crippen LogP contribution in [0.2, 0.25) is 0 Å². The van der Waals surface area contributed by atoms with Gasteiger partial charge in [-0.1, -0.05) is 6.92 Å². The van der Waals surface area contributed by atoms with E-state index in [1.165, 1.54) is 25.9 Å². The first-order valence-electron chi connectivity index (χ1n) is 7.81. The Hall–Kier alpha value is -1.13. The molecule has 0 aliphatic carbocycles. The van der Waals surface area contributed by atoms with Crippen LogP contribution in [0.25, 0.3) is 11.0 Å². The zero-order chi connectivity index (χ0) is 14.8. The van der Waals surface area contributed by atoms with Crippen molar-refractivity contribution in [2.24, 2.45) is 5.92 Å². The second kappa shape index (κ2) is 6.32. The van der Waals surface area contributed by atoms with E-state index in [1.54, 1.807) is 0 Å². The standard InChI is InChI=1S/C16H23ClN4/c1-12(10-20-7-3-4-8-20)11-21-15-5-6-18-9-14(15)19-16(21)13(2)17/h5-6,9,12-13H,3-4,7-8,10-11H2,1-2H3. The molecule has 1 aliphatic heterocycles. The van der Waals surface area contributed by atoms with Crippen molar-refractivity contribution in [3.05, 3.63) is 24.3 Å². The number of aromatic nitrogens is 3. The Morgan fingerprint density at radius 3 is 2.71 bits per heavy atom. The van der Waals surface area contributed by atoms with Gasteiger partial charge < -0.3 is 9.47 Å². The molecule has 0 bridgehead atoms. The molecule has 21 heavy (non-hydrogen) atoms. The highest BCUT2D eigenvalue weighted by atomic mass is 35.5. The quantitative estimate of drug-likeness (QED) is 0.793. The number of rotatable bonds is 5.